The zero-order chi connectivity index (χ0) is 38.2. The molecule has 0 aromatic heterocycles. The number of carbonyl (C=O) groups excluding carboxylic acids is 5. The zero-order valence-corrected chi connectivity index (χ0v) is 26.0. The highest BCUT2D eigenvalue weighted by atomic mass is 19.4. The maximum atomic E-state index is 13.2. The van der Waals surface area contributed by atoms with Crippen molar-refractivity contribution in [3.63, 3.8) is 0 Å². The molecular formula is C34H23F6N3O9. The number of ether oxygens (including phenoxy) is 2. The molecule has 0 fully saturated rings. The molecule has 0 saturated carbocycles. The molecule has 0 aliphatic rings. The average Bonchev–Trinajstić information content (AvgIpc) is 3.11. The average molecular weight is 732 g/mol. The molecule has 12 nitrogen and oxygen atoms in total. The molecule has 4 aromatic rings. The van der Waals surface area contributed by atoms with E-state index in [0.717, 1.165) is 24.3 Å². The van der Waals surface area contributed by atoms with Crippen LogP contribution in [0, 0.1) is 0 Å². The second kappa shape index (κ2) is 15.9. The second-order valence-electron chi connectivity index (χ2n) is 10.5. The Morgan fingerprint density at radius 1 is 0.538 bits per heavy atom. The minimum Gasteiger partial charge on any atom is -0.478 e. The number of alkyl halides is 6. The van der Waals surface area contributed by atoms with Crippen molar-refractivity contribution < 1.29 is 69.7 Å². The predicted octanol–water partition coefficient (Wildman–Crippen LogP) is 5.27. The SMILES string of the molecule is O=C(NNC(=O)[C@H](OC(=O)c1cccc(C(F)(F)F)c1)[C@@H](OC(=O)c1cccc(C(F)(F)F)c1)C(=O)O)c1ccc(NC(=O)c2ccccc2)cc1. The summed E-state index contributed by atoms with van der Waals surface area (Å²) in [5, 5.41) is 12.4. The topological polar surface area (TPSA) is 177 Å². The van der Waals surface area contributed by atoms with E-state index >= 15 is 0 Å². The monoisotopic (exact) mass is 731 g/mol. The molecule has 0 radical (unpaired) electrons. The molecule has 52 heavy (non-hydrogen) atoms. The van der Waals surface area contributed by atoms with Crippen LogP contribution < -0.4 is 16.2 Å². The Morgan fingerprint density at radius 2 is 1.00 bits per heavy atom. The molecule has 0 spiro atoms. The Labute approximate surface area is 288 Å². The van der Waals surface area contributed by atoms with E-state index in [1.165, 1.54) is 24.3 Å². The first-order valence-corrected chi connectivity index (χ1v) is 14.5. The maximum Gasteiger partial charge on any atom is 0.416 e. The number of nitrogens with one attached hydrogen (secondary N) is 3. The van der Waals surface area contributed by atoms with Gasteiger partial charge in [0, 0.05) is 16.8 Å². The Kier molecular flexibility index (Phi) is 11.6. The minimum atomic E-state index is -4.94. The molecule has 4 N–H and O–H groups in total. The molecule has 3 amide bonds. The minimum absolute atomic E-state index is 0.138. The molecule has 0 unspecified atom stereocenters. The van der Waals surface area contributed by atoms with Gasteiger partial charge < -0.3 is 19.9 Å². The molecule has 4 aromatic carbocycles. The fourth-order valence-electron chi connectivity index (χ4n) is 4.27. The number of amides is 3. The van der Waals surface area contributed by atoms with Crippen LogP contribution in [-0.2, 0) is 31.4 Å². The van der Waals surface area contributed by atoms with E-state index in [4.69, 9.17) is 9.47 Å². The van der Waals surface area contributed by atoms with E-state index in [0.29, 0.717) is 29.8 Å². The van der Waals surface area contributed by atoms with Gasteiger partial charge in [0.1, 0.15) is 0 Å². The third-order valence-electron chi connectivity index (χ3n) is 6.84. The lowest BCUT2D eigenvalue weighted by Crippen LogP contribution is -2.54. The number of anilines is 1. The molecule has 18 heteroatoms. The zero-order valence-electron chi connectivity index (χ0n) is 26.0. The second-order valence-corrected chi connectivity index (χ2v) is 10.5. The summed E-state index contributed by atoms with van der Waals surface area (Å²) < 4.78 is 89.0. The van der Waals surface area contributed by atoms with Crippen molar-refractivity contribution in [3.8, 4) is 0 Å². The Balaban J connectivity index is 1.55. The quantitative estimate of drug-likeness (QED) is 0.0961. The van der Waals surface area contributed by atoms with Crippen LogP contribution in [0.15, 0.2) is 103 Å². The van der Waals surface area contributed by atoms with Gasteiger partial charge in [0.2, 0.25) is 12.2 Å². The number of rotatable bonds is 10. The van der Waals surface area contributed by atoms with Gasteiger partial charge in [-0.1, -0.05) is 30.3 Å². The summed E-state index contributed by atoms with van der Waals surface area (Å²) in [6.45, 7) is 0. The summed E-state index contributed by atoms with van der Waals surface area (Å²) >= 11 is 0. The number of halogens is 6. The summed E-state index contributed by atoms with van der Waals surface area (Å²) in [5.41, 5.74) is -0.206. The van der Waals surface area contributed by atoms with E-state index in [-0.39, 0.29) is 11.3 Å². The Hall–Kier alpha value is -6.72. The third-order valence-corrected chi connectivity index (χ3v) is 6.84. The van der Waals surface area contributed by atoms with Crippen LogP contribution in [0.4, 0.5) is 32.0 Å². The van der Waals surface area contributed by atoms with Crippen molar-refractivity contribution in [1.82, 2.24) is 10.9 Å². The standard InChI is InChI=1S/C34H23F6N3O9/c35-33(36,37)22-10-4-8-20(16-22)31(49)51-25(26(30(47)48)52-32(50)21-9-5-11-23(17-21)34(38,39)40)29(46)43-42-28(45)19-12-14-24(15-13-19)41-27(44)18-6-2-1-3-7-18/h1-17,25-26H,(H,41,44)(H,42,45)(H,43,46)(H,47,48)/t25-,26-/m1/s1. The first-order valence-electron chi connectivity index (χ1n) is 14.5. The van der Waals surface area contributed by atoms with E-state index in [2.05, 4.69) is 5.32 Å². The lowest BCUT2D eigenvalue weighted by Gasteiger charge is -2.24. The van der Waals surface area contributed by atoms with E-state index in [9.17, 15) is 60.2 Å². The van der Waals surface area contributed by atoms with E-state index in [1.54, 1.807) is 35.8 Å². The Bertz CT molecular complexity index is 1990. The van der Waals surface area contributed by atoms with Crippen molar-refractivity contribution in [1.29, 1.82) is 0 Å². The number of esters is 2. The van der Waals surface area contributed by atoms with Gasteiger partial charge in [-0.15, -0.1) is 0 Å². The molecular weight excluding hydrogens is 708 g/mol. The van der Waals surface area contributed by atoms with Gasteiger partial charge in [0.25, 0.3) is 17.7 Å². The van der Waals surface area contributed by atoms with Gasteiger partial charge >= 0.3 is 30.3 Å². The lowest BCUT2D eigenvalue weighted by atomic mass is 10.1. The van der Waals surface area contributed by atoms with Crippen LogP contribution in [0.3, 0.4) is 0 Å². The van der Waals surface area contributed by atoms with Crippen LogP contribution in [0.2, 0.25) is 0 Å². The first-order chi connectivity index (χ1) is 24.4. The molecule has 2 atom stereocenters. The predicted molar refractivity (Wildman–Crippen MR) is 165 cm³/mol. The van der Waals surface area contributed by atoms with Gasteiger partial charge in [-0.2, -0.15) is 26.3 Å². The molecule has 0 bridgehead atoms. The number of carboxylic acid groups (broad SMARTS) is 1. The molecule has 0 heterocycles. The van der Waals surface area contributed by atoms with Crippen LogP contribution in [0.25, 0.3) is 0 Å². The fourth-order valence-corrected chi connectivity index (χ4v) is 4.27. The summed E-state index contributed by atoms with van der Waals surface area (Å²) in [6.07, 6.45) is -15.4. The van der Waals surface area contributed by atoms with Gasteiger partial charge in [0.05, 0.1) is 22.3 Å². The number of aliphatic carboxylic acids is 1. The number of carboxylic acids is 1. The molecule has 0 aliphatic carbocycles. The van der Waals surface area contributed by atoms with Crippen LogP contribution in [0.5, 0.6) is 0 Å². The smallest absolute Gasteiger partial charge is 0.416 e. The number of benzene rings is 4. The number of hydrazine groups is 1. The Morgan fingerprint density at radius 3 is 1.48 bits per heavy atom. The molecule has 0 aliphatic heterocycles. The molecule has 270 valence electrons. The maximum absolute atomic E-state index is 13.2. The normalized spacial score (nSPS) is 12.4. The van der Waals surface area contributed by atoms with Crippen LogP contribution >= 0.6 is 0 Å². The highest BCUT2D eigenvalue weighted by molar-refractivity contribution is 6.04. The number of carbonyl (C=O) groups is 6. The first kappa shape index (κ1) is 38.1. The summed E-state index contributed by atoms with van der Waals surface area (Å²) in [4.78, 5) is 76.2. The van der Waals surface area contributed by atoms with Gasteiger partial charge in [-0.05, 0) is 72.8 Å². The van der Waals surface area contributed by atoms with E-state index < -0.39 is 82.4 Å². The number of hydrogen-bond donors (Lipinski definition) is 4. The number of hydrogen-bond acceptors (Lipinski definition) is 8. The summed E-state index contributed by atoms with van der Waals surface area (Å²) in [5.74, 6) is -8.83. The van der Waals surface area contributed by atoms with Crippen molar-refractivity contribution >= 4 is 41.3 Å². The van der Waals surface area contributed by atoms with Crippen molar-refractivity contribution in [2.75, 3.05) is 5.32 Å². The summed E-state index contributed by atoms with van der Waals surface area (Å²) in [7, 11) is 0. The summed E-state index contributed by atoms with van der Waals surface area (Å²) in [6, 6.07) is 18.2. The molecule has 0 saturated heterocycles. The van der Waals surface area contributed by atoms with Crippen LogP contribution in [0.1, 0.15) is 52.6 Å². The van der Waals surface area contributed by atoms with E-state index in [1.807, 2.05) is 5.43 Å². The van der Waals surface area contributed by atoms with Gasteiger partial charge in [0.15, 0.2) is 0 Å². The highest BCUT2D eigenvalue weighted by Gasteiger charge is 2.42. The largest absolute Gasteiger partial charge is 0.478 e. The van der Waals surface area contributed by atoms with Gasteiger partial charge in [-0.25, -0.2) is 14.4 Å². The van der Waals surface area contributed by atoms with Gasteiger partial charge in [-0.3, -0.25) is 25.2 Å². The lowest BCUT2D eigenvalue weighted by molar-refractivity contribution is -0.159. The third kappa shape index (κ3) is 9.93. The van der Waals surface area contributed by atoms with Crippen molar-refractivity contribution in [3.05, 3.63) is 137 Å². The molecule has 4 rings (SSSR count). The highest BCUT2D eigenvalue weighted by Crippen LogP contribution is 2.31. The van der Waals surface area contributed by atoms with Crippen molar-refractivity contribution in [2.24, 2.45) is 0 Å². The fraction of sp³-hybridized carbons (Fsp3) is 0.118. The van der Waals surface area contributed by atoms with Crippen LogP contribution in [-0.4, -0.2) is 52.9 Å². The van der Waals surface area contributed by atoms with Crippen molar-refractivity contribution in [2.45, 2.75) is 24.6 Å².